The van der Waals surface area contributed by atoms with Gasteiger partial charge in [0.25, 0.3) is 5.91 Å². The fourth-order valence-corrected chi connectivity index (χ4v) is 2.91. The van der Waals surface area contributed by atoms with Crippen LogP contribution < -0.4 is 5.73 Å². The number of amides is 1. The van der Waals surface area contributed by atoms with Gasteiger partial charge in [-0.15, -0.1) is 0 Å². The Kier molecular flexibility index (Phi) is 4.13. The molecule has 0 bridgehead atoms. The van der Waals surface area contributed by atoms with E-state index in [1.165, 1.54) is 4.90 Å². The first-order valence-corrected chi connectivity index (χ1v) is 6.89. The monoisotopic (exact) mass is 280 g/mol. The van der Waals surface area contributed by atoms with Crippen molar-refractivity contribution in [2.75, 3.05) is 6.54 Å². The van der Waals surface area contributed by atoms with E-state index in [1.54, 1.807) is 12.1 Å². The molecule has 6 nitrogen and oxygen atoms in total. The third-order valence-corrected chi connectivity index (χ3v) is 3.87. The summed E-state index contributed by atoms with van der Waals surface area (Å²) in [5.41, 5.74) is 4.36. The lowest BCUT2D eigenvalue weighted by atomic mass is 9.90. The van der Waals surface area contributed by atoms with Gasteiger partial charge in [-0.1, -0.05) is 13.3 Å². The van der Waals surface area contributed by atoms with Crippen LogP contribution in [0.4, 0.5) is 0 Å². The van der Waals surface area contributed by atoms with Crippen LogP contribution in [0.2, 0.25) is 0 Å². The standard InChI is InChI=1S/C14H20N2O4/c1-2-6-14(13(18)19)7-3-8-16(14)12(17)11-5-4-10(9-15)20-11/h4-5H,2-3,6-9,15H2,1H3,(H,18,19). The zero-order chi connectivity index (χ0) is 14.8. The molecule has 20 heavy (non-hydrogen) atoms. The van der Waals surface area contributed by atoms with Gasteiger partial charge in [0, 0.05) is 6.54 Å². The van der Waals surface area contributed by atoms with Crippen LogP contribution in [0.5, 0.6) is 0 Å². The highest BCUT2D eigenvalue weighted by molar-refractivity contribution is 5.96. The highest BCUT2D eigenvalue weighted by Gasteiger charge is 2.49. The van der Waals surface area contributed by atoms with Crippen LogP contribution >= 0.6 is 0 Å². The quantitative estimate of drug-likeness (QED) is 0.853. The highest BCUT2D eigenvalue weighted by Crippen LogP contribution is 2.35. The molecule has 2 rings (SSSR count). The van der Waals surface area contributed by atoms with Gasteiger partial charge in [0.05, 0.1) is 6.54 Å². The molecule has 1 saturated heterocycles. The lowest BCUT2D eigenvalue weighted by Gasteiger charge is -2.34. The van der Waals surface area contributed by atoms with E-state index in [9.17, 15) is 14.7 Å². The number of hydrogen-bond acceptors (Lipinski definition) is 4. The molecule has 6 heteroatoms. The van der Waals surface area contributed by atoms with E-state index in [4.69, 9.17) is 10.2 Å². The molecule has 1 aliphatic heterocycles. The van der Waals surface area contributed by atoms with Gasteiger partial charge in [0.2, 0.25) is 0 Å². The van der Waals surface area contributed by atoms with Gasteiger partial charge in [-0.3, -0.25) is 4.79 Å². The van der Waals surface area contributed by atoms with Crippen LogP contribution in [0.1, 0.15) is 48.9 Å². The summed E-state index contributed by atoms with van der Waals surface area (Å²) >= 11 is 0. The van der Waals surface area contributed by atoms with Crippen LogP contribution in [-0.4, -0.2) is 34.0 Å². The van der Waals surface area contributed by atoms with Gasteiger partial charge in [0.15, 0.2) is 5.76 Å². The van der Waals surface area contributed by atoms with Crippen molar-refractivity contribution in [2.24, 2.45) is 5.73 Å². The summed E-state index contributed by atoms with van der Waals surface area (Å²) in [5.74, 6) is -0.619. The Balaban J connectivity index is 2.29. The third kappa shape index (κ3) is 2.31. The van der Waals surface area contributed by atoms with E-state index in [2.05, 4.69) is 0 Å². The van der Waals surface area contributed by atoms with Gasteiger partial charge in [-0.2, -0.15) is 0 Å². The predicted molar refractivity (Wildman–Crippen MR) is 72.1 cm³/mol. The van der Waals surface area contributed by atoms with Crippen molar-refractivity contribution in [3.63, 3.8) is 0 Å². The number of nitrogens with two attached hydrogens (primary N) is 1. The van der Waals surface area contributed by atoms with Gasteiger partial charge in [0.1, 0.15) is 11.3 Å². The molecule has 0 aliphatic carbocycles. The van der Waals surface area contributed by atoms with E-state index >= 15 is 0 Å². The molecule has 0 aromatic carbocycles. The van der Waals surface area contributed by atoms with E-state index in [0.29, 0.717) is 38.0 Å². The van der Waals surface area contributed by atoms with E-state index in [-0.39, 0.29) is 18.2 Å². The molecule has 2 heterocycles. The second-order valence-corrected chi connectivity index (χ2v) is 5.12. The number of likely N-dealkylation sites (tertiary alicyclic amines) is 1. The maximum absolute atomic E-state index is 12.5. The van der Waals surface area contributed by atoms with Crippen molar-refractivity contribution < 1.29 is 19.1 Å². The normalized spacial score (nSPS) is 22.2. The average molecular weight is 280 g/mol. The zero-order valence-corrected chi connectivity index (χ0v) is 11.6. The summed E-state index contributed by atoms with van der Waals surface area (Å²) in [4.78, 5) is 25.6. The smallest absolute Gasteiger partial charge is 0.329 e. The Morgan fingerprint density at radius 3 is 2.80 bits per heavy atom. The second-order valence-electron chi connectivity index (χ2n) is 5.12. The lowest BCUT2D eigenvalue weighted by molar-refractivity contribution is -0.148. The van der Waals surface area contributed by atoms with E-state index in [1.807, 2.05) is 6.92 Å². The Labute approximate surface area is 117 Å². The zero-order valence-electron chi connectivity index (χ0n) is 11.6. The van der Waals surface area contributed by atoms with Crippen molar-refractivity contribution >= 4 is 11.9 Å². The van der Waals surface area contributed by atoms with E-state index < -0.39 is 11.5 Å². The maximum atomic E-state index is 12.5. The van der Waals surface area contributed by atoms with Gasteiger partial charge in [-0.25, -0.2) is 4.79 Å². The summed E-state index contributed by atoms with van der Waals surface area (Å²) in [6.45, 7) is 2.58. The van der Waals surface area contributed by atoms with Crippen LogP contribution in [0.15, 0.2) is 16.5 Å². The number of hydrogen-bond donors (Lipinski definition) is 2. The van der Waals surface area contributed by atoms with Gasteiger partial charge < -0.3 is 20.2 Å². The molecule has 110 valence electrons. The third-order valence-electron chi connectivity index (χ3n) is 3.87. The van der Waals surface area contributed by atoms with Crippen molar-refractivity contribution in [1.82, 2.24) is 4.90 Å². The molecule has 3 N–H and O–H groups in total. The van der Waals surface area contributed by atoms with Crippen LogP contribution in [0.3, 0.4) is 0 Å². The number of nitrogens with zero attached hydrogens (tertiary/aromatic N) is 1. The molecule has 1 amide bonds. The molecule has 0 spiro atoms. The Hall–Kier alpha value is -1.82. The first kappa shape index (κ1) is 14.6. The van der Waals surface area contributed by atoms with Crippen molar-refractivity contribution in [2.45, 2.75) is 44.7 Å². The maximum Gasteiger partial charge on any atom is 0.329 e. The molecule has 1 aromatic rings. The largest absolute Gasteiger partial charge is 0.479 e. The summed E-state index contributed by atoms with van der Waals surface area (Å²) in [7, 11) is 0. The average Bonchev–Trinajstić information content (AvgIpc) is 3.05. The minimum Gasteiger partial charge on any atom is -0.479 e. The Morgan fingerprint density at radius 1 is 1.50 bits per heavy atom. The second kappa shape index (κ2) is 5.66. The summed E-state index contributed by atoms with van der Waals surface area (Å²) < 4.78 is 5.35. The van der Waals surface area contributed by atoms with Crippen LogP contribution in [0.25, 0.3) is 0 Å². The molecule has 1 fully saturated rings. The first-order valence-electron chi connectivity index (χ1n) is 6.89. The van der Waals surface area contributed by atoms with E-state index in [0.717, 1.165) is 0 Å². The van der Waals surface area contributed by atoms with Crippen LogP contribution in [-0.2, 0) is 11.3 Å². The minimum atomic E-state index is -1.10. The lowest BCUT2D eigenvalue weighted by Crippen LogP contribution is -2.53. The Bertz CT molecular complexity index is 511. The van der Waals surface area contributed by atoms with Crippen molar-refractivity contribution in [3.05, 3.63) is 23.7 Å². The SMILES string of the molecule is CCCC1(C(=O)O)CCCN1C(=O)c1ccc(CN)o1. The molecular formula is C14H20N2O4. The number of rotatable bonds is 5. The number of aliphatic carboxylic acids is 1. The topological polar surface area (TPSA) is 96.8 Å². The summed E-state index contributed by atoms with van der Waals surface area (Å²) in [5, 5.41) is 9.57. The number of carbonyl (C=O) groups excluding carboxylic acids is 1. The number of furan rings is 1. The van der Waals surface area contributed by atoms with Gasteiger partial charge in [-0.05, 0) is 31.4 Å². The van der Waals surface area contributed by atoms with Crippen LogP contribution in [0, 0.1) is 0 Å². The number of carboxylic acids is 1. The van der Waals surface area contributed by atoms with Gasteiger partial charge >= 0.3 is 5.97 Å². The van der Waals surface area contributed by atoms with Crippen molar-refractivity contribution in [1.29, 1.82) is 0 Å². The molecule has 0 radical (unpaired) electrons. The first-order chi connectivity index (χ1) is 9.55. The fraction of sp³-hybridized carbons (Fsp3) is 0.571. The number of carbonyl (C=O) groups is 2. The predicted octanol–water partition coefficient (Wildman–Crippen LogP) is 1.60. The molecule has 1 aliphatic rings. The van der Waals surface area contributed by atoms with Crippen molar-refractivity contribution in [3.8, 4) is 0 Å². The number of carboxylic acid groups (broad SMARTS) is 1. The molecule has 0 saturated carbocycles. The minimum absolute atomic E-state index is 0.161. The molecule has 1 unspecified atom stereocenters. The summed E-state index contributed by atoms with van der Waals surface area (Å²) in [6, 6.07) is 3.20. The molecule has 1 aromatic heterocycles. The molecular weight excluding hydrogens is 260 g/mol. The summed E-state index contributed by atoms with van der Waals surface area (Å²) in [6.07, 6.45) is 2.36. The molecule has 1 atom stereocenters. The highest BCUT2D eigenvalue weighted by atomic mass is 16.4. The Morgan fingerprint density at radius 2 is 2.25 bits per heavy atom. The fourth-order valence-electron chi connectivity index (χ4n) is 2.91.